The lowest BCUT2D eigenvalue weighted by molar-refractivity contribution is 0.723. The molecule has 0 aliphatic heterocycles. The van der Waals surface area contributed by atoms with Gasteiger partial charge in [0.05, 0.1) is 9.77 Å². The molecule has 0 saturated carbocycles. The van der Waals surface area contributed by atoms with Crippen molar-refractivity contribution in [3.63, 3.8) is 0 Å². The number of nitrogens with zero attached hydrogens (tertiary/aromatic N) is 1. The van der Waals surface area contributed by atoms with Crippen LogP contribution in [0.2, 0.25) is 0 Å². The largest absolute Gasteiger partial charge is 0.192 e. The van der Waals surface area contributed by atoms with Gasteiger partial charge in [0.25, 0.3) is 0 Å². The molecule has 0 N–H and O–H groups in total. The van der Waals surface area contributed by atoms with Crippen LogP contribution in [0.25, 0.3) is 11.1 Å². The van der Waals surface area contributed by atoms with Crippen molar-refractivity contribution in [3.05, 3.63) is 52.8 Å². The highest BCUT2D eigenvalue weighted by Crippen LogP contribution is 2.42. The maximum atomic E-state index is 9.58. The highest BCUT2D eigenvalue weighted by Gasteiger charge is 2.18. The first kappa shape index (κ1) is 15.9. The van der Waals surface area contributed by atoms with E-state index in [9.17, 15) is 5.26 Å². The summed E-state index contributed by atoms with van der Waals surface area (Å²) in [4.78, 5) is 1.33. The summed E-state index contributed by atoms with van der Waals surface area (Å²) in [6.45, 7) is 5.99. The Hall–Kier alpha value is -1.50. The number of hydrogen-bond acceptors (Lipinski definition) is 3. The monoisotopic (exact) mass is 313 g/mol. The van der Waals surface area contributed by atoms with E-state index in [4.69, 9.17) is 0 Å². The Morgan fingerprint density at radius 2 is 2.05 bits per heavy atom. The van der Waals surface area contributed by atoms with Crippen LogP contribution in [0.3, 0.4) is 0 Å². The van der Waals surface area contributed by atoms with Gasteiger partial charge in [-0.25, -0.2) is 0 Å². The second-order valence-corrected chi connectivity index (χ2v) is 7.12. The lowest BCUT2D eigenvalue weighted by Gasteiger charge is -2.04. The molecule has 1 heterocycles. The van der Waals surface area contributed by atoms with Crippen LogP contribution in [0.5, 0.6) is 0 Å². The van der Waals surface area contributed by atoms with Crippen LogP contribution in [0.1, 0.15) is 36.6 Å². The Kier molecular flexibility index (Phi) is 6.10. The number of thiophene rings is 1. The molecule has 1 aromatic heterocycles. The second kappa shape index (κ2) is 8.07. The number of thioether (sulfide) groups is 1. The lowest BCUT2D eigenvalue weighted by atomic mass is 10.00. The molecule has 0 fully saturated rings. The Balaban J connectivity index is 2.47. The van der Waals surface area contributed by atoms with Gasteiger partial charge >= 0.3 is 0 Å². The van der Waals surface area contributed by atoms with Gasteiger partial charge in [0.2, 0.25) is 0 Å². The van der Waals surface area contributed by atoms with Crippen LogP contribution in [0.15, 0.2) is 46.5 Å². The second-order valence-electron chi connectivity index (χ2n) is 4.78. The van der Waals surface area contributed by atoms with E-state index in [1.165, 1.54) is 24.1 Å². The van der Waals surface area contributed by atoms with E-state index in [0.717, 1.165) is 27.3 Å². The predicted molar refractivity (Wildman–Crippen MR) is 93.8 cm³/mol. The van der Waals surface area contributed by atoms with Crippen molar-refractivity contribution in [2.24, 2.45) is 0 Å². The van der Waals surface area contributed by atoms with E-state index in [1.54, 1.807) is 28.5 Å². The zero-order valence-electron chi connectivity index (χ0n) is 12.3. The summed E-state index contributed by atoms with van der Waals surface area (Å²) < 4.78 is 1.07. The molecule has 0 atom stereocenters. The standard InChI is InChI=1S/C18H19NS2/c1-3-5-7-12-16-17(14-10-8-6-9-11-14)15(13-19)18(21-16)20-4-2/h4,6,8-11H,2-3,5,7,12H2,1H3. The van der Waals surface area contributed by atoms with Gasteiger partial charge in [0.15, 0.2) is 0 Å². The molecule has 21 heavy (non-hydrogen) atoms. The highest BCUT2D eigenvalue weighted by molar-refractivity contribution is 8.03. The minimum atomic E-state index is 0.808. The molecule has 2 aromatic rings. The van der Waals surface area contributed by atoms with Crippen molar-refractivity contribution in [2.45, 2.75) is 36.8 Å². The van der Waals surface area contributed by atoms with Gasteiger partial charge in [-0.1, -0.05) is 68.4 Å². The summed E-state index contributed by atoms with van der Waals surface area (Å²) in [5.41, 5.74) is 3.08. The fourth-order valence-corrected chi connectivity index (χ4v) is 4.49. The summed E-state index contributed by atoms with van der Waals surface area (Å²) >= 11 is 3.31. The minimum Gasteiger partial charge on any atom is -0.192 e. The first-order valence-electron chi connectivity index (χ1n) is 7.20. The van der Waals surface area contributed by atoms with E-state index < -0.39 is 0 Å². The summed E-state index contributed by atoms with van der Waals surface area (Å²) in [5.74, 6) is 0. The van der Waals surface area contributed by atoms with E-state index in [0.29, 0.717) is 0 Å². The molecule has 1 aromatic carbocycles. The van der Waals surface area contributed by atoms with Gasteiger partial charge in [-0.15, -0.1) is 11.3 Å². The SMILES string of the molecule is C=CSc1sc(CCCCC)c(-c2ccccc2)c1C#N. The van der Waals surface area contributed by atoms with Crippen molar-refractivity contribution < 1.29 is 0 Å². The Morgan fingerprint density at radius 3 is 2.67 bits per heavy atom. The van der Waals surface area contributed by atoms with E-state index in [-0.39, 0.29) is 0 Å². The third-order valence-electron chi connectivity index (χ3n) is 3.32. The van der Waals surface area contributed by atoms with Crippen LogP contribution >= 0.6 is 23.1 Å². The van der Waals surface area contributed by atoms with Gasteiger partial charge < -0.3 is 0 Å². The Labute approximate surface area is 135 Å². The van der Waals surface area contributed by atoms with Crippen molar-refractivity contribution in [3.8, 4) is 17.2 Å². The summed E-state index contributed by atoms with van der Waals surface area (Å²) in [7, 11) is 0. The van der Waals surface area contributed by atoms with Crippen LogP contribution in [-0.2, 0) is 6.42 Å². The molecule has 0 saturated heterocycles. The van der Waals surface area contributed by atoms with Crippen molar-refractivity contribution in [2.75, 3.05) is 0 Å². The molecule has 0 radical (unpaired) electrons. The maximum absolute atomic E-state index is 9.58. The fraction of sp³-hybridized carbons (Fsp3) is 0.278. The number of unbranched alkanes of at least 4 members (excludes halogenated alkanes) is 2. The molecule has 0 aliphatic carbocycles. The van der Waals surface area contributed by atoms with Crippen molar-refractivity contribution >= 4 is 23.1 Å². The Bertz CT molecular complexity index is 635. The van der Waals surface area contributed by atoms with E-state index in [1.807, 2.05) is 18.2 Å². The van der Waals surface area contributed by atoms with Gasteiger partial charge in [0.1, 0.15) is 6.07 Å². The lowest BCUT2D eigenvalue weighted by Crippen LogP contribution is -1.87. The molecule has 0 bridgehead atoms. The average molecular weight is 313 g/mol. The smallest absolute Gasteiger partial charge is 0.102 e. The minimum absolute atomic E-state index is 0.808. The van der Waals surface area contributed by atoms with E-state index in [2.05, 4.69) is 31.7 Å². The molecule has 0 spiro atoms. The highest BCUT2D eigenvalue weighted by atomic mass is 32.2. The Morgan fingerprint density at radius 1 is 1.29 bits per heavy atom. The van der Waals surface area contributed by atoms with Crippen molar-refractivity contribution in [1.29, 1.82) is 5.26 Å². The van der Waals surface area contributed by atoms with Crippen LogP contribution in [-0.4, -0.2) is 0 Å². The zero-order chi connectivity index (χ0) is 15.1. The topological polar surface area (TPSA) is 23.8 Å². The summed E-state index contributed by atoms with van der Waals surface area (Å²) in [6, 6.07) is 12.7. The third kappa shape index (κ3) is 3.78. The molecule has 108 valence electrons. The summed E-state index contributed by atoms with van der Waals surface area (Å²) in [6.07, 6.45) is 4.68. The van der Waals surface area contributed by atoms with Crippen LogP contribution in [0.4, 0.5) is 0 Å². The maximum Gasteiger partial charge on any atom is 0.102 e. The molecule has 0 amide bonds. The van der Waals surface area contributed by atoms with E-state index >= 15 is 0 Å². The molecule has 2 rings (SSSR count). The molecule has 1 nitrogen and oxygen atoms in total. The number of nitriles is 1. The average Bonchev–Trinajstić information content (AvgIpc) is 2.86. The molecule has 3 heteroatoms. The normalized spacial score (nSPS) is 10.3. The van der Waals surface area contributed by atoms with Gasteiger partial charge in [0, 0.05) is 10.4 Å². The predicted octanol–water partition coefficient (Wildman–Crippen LogP) is 6.26. The quantitative estimate of drug-likeness (QED) is 0.445. The molecule has 0 aliphatic rings. The first-order valence-corrected chi connectivity index (χ1v) is 8.90. The fourth-order valence-electron chi connectivity index (χ4n) is 2.34. The molecular weight excluding hydrogens is 294 g/mol. The molecule has 0 unspecified atom stereocenters. The zero-order valence-corrected chi connectivity index (χ0v) is 13.9. The van der Waals surface area contributed by atoms with Gasteiger partial charge in [-0.3, -0.25) is 0 Å². The molecular formula is C18H19NS2. The van der Waals surface area contributed by atoms with Gasteiger partial charge in [-0.2, -0.15) is 5.26 Å². The van der Waals surface area contributed by atoms with Gasteiger partial charge in [-0.05, 0) is 23.8 Å². The number of hydrogen-bond donors (Lipinski definition) is 0. The van der Waals surface area contributed by atoms with Crippen LogP contribution < -0.4 is 0 Å². The third-order valence-corrected chi connectivity index (χ3v) is 5.49. The number of benzene rings is 1. The summed E-state index contributed by atoms with van der Waals surface area (Å²) in [5, 5.41) is 11.4. The van der Waals surface area contributed by atoms with Crippen LogP contribution in [0, 0.1) is 11.3 Å². The van der Waals surface area contributed by atoms with Crippen molar-refractivity contribution in [1.82, 2.24) is 0 Å². The number of rotatable bonds is 7. The first-order chi connectivity index (χ1) is 10.3. The number of aryl methyl sites for hydroxylation is 1.